The lowest BCUT2D eigenvalue weighted by molar-refractivity contribution is -0.0490. The Balaban J connectivity index is 1.46. The van der Waals surface area contributed by atoms with Gasteiger partial charge in [0, 0.05) is 32.4 Å². The van der Waals surface area contributed by atoms with Gasteiger partial charge in [0.15, 0.2) is 5.84 Å². The number of benzene rings is 1. The number of amidine groups is 1. The molecule has 0 spiro atoms. The predicted octanol–water partition coefficient (Wildman–Crippen LogP) is 3.27. The third-order valence-electron chi connectivity index (χ3n) is 5.54. The van der Waals surface area contributed by atoms with Crippen LogP contribution in [0.1, 0.15) is 24.1 Å². The van der Waals surface area contributed by atoms with Crippen molar-refractivity contribution in [2.24, 2.45) is 11.1 Å². The minimum absolute atomic E-state index is 0.138. The summed E-state index contributed by atoms with van der Waals surface area (Å²) in [5.74, 6) is 2.13. The lowest BCUT2D eigenvalue weighted by Crippen LogP contribution is -2.43. The van der Waals surface area contributed by atoms with E-state index in [0.29, 0.717) is 5.92 Å². The molecule has 0 aliphatic carbocycles. The molecule has 1 atom stereocenters. The summed E-state index contributed by atoms with van der Waals surface area (Å²) in [6.07, 6.45) is 10.0. The number of ether oxygens (including phenoxy) is 2. The number of rotatable bonds is 5. The summed E-state index contributed by atoms with van der Waals surface area (Å²) < 4.78 is 13.0. The molecule has 7 nitrogen and oxygen atoms in total. The molecular formula is C22H28N4O3. The Morgan fingerprint density at radius 1 is 1.21 bits per heavy atom. The Labute approximate surface area is 171 Å². The molecule has 4 rings (SSSR count). The lowest BCUT2D eigenvalue weighted by Gasteiger charge is -2.35. The zero-order valence-electron chi connectivity index (χ0n) is 17.2. The summed E-state index contributed by atoms with van der Waals surface area (Å²) in [5.41, 5.74) is 2.96. The van der Waals surface area contributed by atoms with Crippen molar-refractivity contribution in [1.29, 1.82) is 0 Å². The zero-order chi connectivity index (χ0) is 20.2. The summed E-state index contributed by atoms with van der Waals surface area (Å²) >= 11 is 0. The van der Waals surface area contributed by atoms with Crippen molar-refractivity contribution in [2.45, 2.75) is 25.9 Å². The second-order valence-electron chi connectivity index (χ2n) is 7.61. The molecule has 2 aromatic rings. The van der Waals surface area contributed by atoms with E-state index in [-0.39, 0.29) is 6.10 Å². The molecule has 1 unspecified atom stereocenters. The van der Waals surface area contributed by atoms with Crippen LogP contribution in [0.2, 0.25) is 0 Å². The fourth-order valence-electron chi connectivity index (χ4n) is 3.80. The minimum Gasteiger partial charge on any atom is -0.495 e. The molecule has 0 radical (unpaired) electrons. The third kappa shape index (κ3) is 4.45. The molecule has 154 valence electrons. The van der Waals surface area contributed by atoms with E-state index in [1.54, 1.807) is 13.4 Å². The number of methoxy groups -OCH3 is 1. The van der Waals surface area contributed by atoms with E-state index in [9.17, 15) is 0 Å². The van der Waals surface area contributed by atoms with E-state index in [4.69, 9.17) is 14.3 Å². The molecule has 1 aromatic carbocycles. The van der Waals surface area contributed by atoms with Crippen LogP contribution in [0.4, 0.5) is 0 Å². The van der Waals surface area contributed by atoms with Crippen LogP contribution in [0.25, 0.3) is 11.8 Å². The summed E-state index contributed by atoms with van der Waals surface area (Å²) in [5, 5.41) is 4.36. The smallest absolute Gasteiger partial charge is 0.168 e. The summed E-state index contributed by atoms with van der Waals surface area (Å²) in [7, 11) is 3.74. The van der Waals surface area contributed by atoms with Gasteiger partial charge in [-0.05, 0) is 43.5 Å². The fraction of sp³-hybridized carbons (Fsp3) is 0.455. The Bertz CT molecular complexity index is 899. The summed E-state index contributed by atoms with van der Waals surface area (Å²) in [4.78, 5) is 12.3. The minimum atomic E-state index is 0.138. The molecule has 0 saturated carbocycles. The van der Waals surface area contributed by atoms with Gasteiger partial charge in [0.25, 0.3) is 0 Å². The number of imidazole rings is 1. The van der Waals surface area contributed by atoms with Crippen molar-refractivity contribution in [1.82, 2.24) is 14.5 Å². The van der Waals surface area contributed by atoms with Crippen molar-refractivity contribution in [3.05, 3.63) is 48.1 Å². The molecule has 1 saturated heterocycles. The maximum atomic E-state index is 5.82. The summed E-state index contributed by atoms with van der Waals surface area (Å²) in [6.45, 7) is 4.45. The molecule has 29 heavy (non-hydrogen) atoms. The first-order chi connectivity index (χ1) is 14.1. The number of hydrogen-bond donors (Lipinski definition) is 0. The van der Waals surface area contributed by atoms with E-state index >= 15 is 0 Å². The molecule has 1 fully saturated rings. The first-order valence-corrected chi connectivity index (χ1v) is 10.0. The van der Waals surface area contributed by atoms with Gasteiger partial charge >= 0.3 is 0 Å². The number of aromatic nitrogens is 2. The zero-order valence-corrected chi connectivity index (χ0v) is 17.2. The standard InChI is InChI=1S/C22H28N4O3/c1-16-13-26(15-23-16)19-6-4-17(12-20(19)27-3)5-7-22-24-29-21(14-25(22)2)18-8-10-28-11-9-18/h4-7,12-13,15,18,21H,8-11,14H2,1-3H3/b7-5+. The second-order valence-corrected chi connectivity index (χ2v) is 7.61. The van der Waals surface area contributed by atoms with Crippen LogP contribution in [0, 0.1) is 12.8 Å². The first kappa shape index (κ1) is 19.5. The van der Waals surface area contributed by atoms with Gasteiger partial charge in [-0.15, -0.1) is 0 Å². The maximum absolute atomic E-state index is 5.82. The maximum Gasteiger partial charge on any atom is 0.168 e. The fourth-order valence-corrected chi connectivity index (χ4v) is 3.80. The third-order valence-corrected chi connectivity index (χ3v) is 5.54. The largest absolute Gasteiger partial charge is 0.495 e. The Hall–Kier alpha value is -2.80. The second kappa shape index (κ2) is 8.69. The van der Waals surface area contributed by atoms with Gasteiger partial charge in [0.2, 0.25) is 0 Å². The van der Waals surface area contributed by atoms with Crippen molar-refractivity contribution < 1.29 is 14.3 Å². The SMILES string of the molecule is COc1cc(/C=C/C2=NOC(C3CCOCC3)CN2C)ccc1-n1cnc(C)c1. The van der Waals surface area contributed by atoms with Crippen molar-refractivity contribution >= 4 is 11.9 Å². The highest BCUT2D eigenvalue weighted by Crippen LogP contribution is 2.26. The van der Waals surface area contributed by atoms with Crippen LogP contribution < -0.4 is 4.74 Å². The number of nitrogens with zero attached hydrogens (tertiary/aromatic N) is 4. The van der Waals surface area contributed by atoms with Crippen LogP contribution in [-0.2, 0) is 9.57 Å². The van der Waals surface area contributed by atoms with Gasteiger partial charge in [0.1, 0.15) is 11.9 Å². The number of hydrogen-bond acceptors (Lipinski definition) is 6. The Morgan fingerprint density at radius 2 is 2.03 bits per heavy atom. The number of likely N-dealkylation sites (N-methyl/N-ethyl adjacent to an activating group) is 1. The van der Waals surface area contributed by atoms with Gasteiger partial charge in [-0.2, -0.15) is 0 Å². The van der Waals surface area contributed by atoms with Gasteiger partial charge < -0.3 is 23.8 Å². The first-order valence-electron chi connectivity index (χ1n) is 10.0. The van der Waals surface area contributed by atoms with Crippen LogP contribution in [0.3, 0.4) is 0 Å². The molecule has 3 heterocycles. The highest BCUT2D eigenvalue weighted by molar-refractivity contribution is 5.96. The van der Waals surface area contributed by atoms with Gasteiger partial charge in [-0.3, -0.25) is 0 Å². The molecule has 2 aliphatic heterocycles. The highest BCUT2D eigenvalue weighted by Gasteiger charge is 2.30. The molecule has 7 heteroatoms. The Morgan fingerprint density at radius 3 is 2.72 bits per heavy atom. The highest BCUT2D eigenvalue weighted by atomic mass is 16.6. The topological polar surface area (TPSA) is 61.1 Å². The predicted molar refractivity (Wildman–Crippen MR) is 112 cm³/mol. The number of aryl methyl sites for hydroxylation is 1. The van der Waals surface area contributed by atoms with Gasteiger partial charge in [-0.1, -0.05) is 17.3 Å². The average Bonchev–Trinajstić information content (AvgIpc) is 3.19. The van der Waals surface area contributed by atoms with Crippen LogP contribution in [0.15, 0.2) is 42.0 Å². The molecule has 2 aliphatic rings. The molecule has 0 N–H and O–H groups in total. The van der Waals surface area contributed by atoms with Crippen molar-refractivity contribution in [2.75, 3.05) is 33.9 Å². The monoisotopic (exact) mass is 396 g/mol. The van der Waals surface area contributed by atoms with E-state index in [1.165, 1.54) is 0 Å². The van der Waals surface area contributed by atoms with Crippen LogP contribution in [0.5, 0.6) is 5.75 Å². The van der Waals surface area contributed by atoms with E-state index in [0.717, 1.165) is 61.1 Å². The van der Waals surface area contributed by atoms with E-state index in [1.807, 2.05) is 42.0 Å². The summed E-state index contributed by atoms with van der Waals surface area (Å²) in [6, 6.07) is 6.10. The molecule has 0 bridgehead atoms. The van der Waals surface area contributed by atoms with Crippen LogP contribution >= 0.6 is 0 Å². The Kier molecular flexibility index (Phi) is 5.85. The van der Waals surface area contributed by atoms with Crippen molar-refractivity contribution in [3.63, 3.8) is 0 Å². The van der Waals surface area contributed by atoms with E-state index in [2.05, 4.69) is 28.2 Å². The van der Waals surface area contributed by atoms with E-state index < -0.39 is 0 Å². The lowest BCUT2D eigenvalue weighted by atomic mass is 9.93. The van der Waals surface area contributed by atoms with Gasteiger partial charge in [0.05, 0.1) is 31.4 Å². The van der Waals surface area contributed by atoms with Crippen LogP contribution in [-0.4, -0.2) is 60.3 Å². The quantitative estimate of drug-likeness (QED) is 0.776. The molecule has 1 aromatic heterocycles. The normalized spacial score (nSPS) is 20.6. The molecular weight excluding hydrogens is 368 g/mol. The van der Waals surface area contributed by atoms with Gasteiger partial charge in [-0.25, -0.2) is 4.98 Å². The van der Waals surface area contributed by atoms with Crippen molar-refractivity contribution in [3.8, 4) is 11.4 Å². The molecule has 0 amide bonds. The number of oxime groups is 1. The average molecular weight is 396 g/mol.